The minimum absolute atomic E-state index is 0.134. The van der Waals surface area contributed by atoms with Crippen LogP contribution in [0.3, 0.4) is 0 Å². The second-order valence-corrected chi connectivity index (χ2v) is 5.90. The van der Waals surface area contributed by atoms with Crippen molar-refractivity contribution in [3.63, 3.8) is 0 Å². The van der Waals surface area contributed by atoms with Gasteiger partial charge < -0.3 is 0 Å². The Morgan fingerprint density at radius 1 is 1.18 bits per heavy atom. The van der Waals surface area contributed by atoms with Crippen LogP contribution in [0.1, 0.15) is 46.0 Å². The molecule has 0 aromatic carbocycles. The van der Waals surface area contributed by atoms with Gasteiger partial charge in [0.1, 0.15) is 0 Å². The van der Waals surface area contributed by atoms with E-state index in [0.29, 0.717) is 12.5 Å². The topological polar surface area (TPSA) is 37.4 Å². The van der Waals surface area contributed by atoms with Crippen molar-refractivity contribution in [2.45, 2.75) is 46.0 Å². The summed E-state index contributed by atoms with van der Waals surface area (Å²) in [6, 6.07) is 0. The van der Waals surface area contributed by atoms with Crippen molar-refractivity contribution >= 4 is 11.8 Å². The Balaban J connectivity index is 2.08. The lowest BCUT2D eigenvalue weighted by molar-refractivity contribution is -0.138. The molecule has 1 aliphatic carbocycles. The molecule has 0 aromatic rings. The van der Waals surface area contributed by atoms with Gasteiger partial charge in [-0.25, -0.2) is 0 Å². The van der Waals surface area contributed by atoms with E-state index in [-0.39, 0.29) is 17.2 Å². The minimum Gasteiger partial charge on any atom is -0.275 e. The van der Waals surface area contributed by atoms with Crippen molar-refractivity contribution in [1.29, 1.82) is 0 Å². The average molecular weight is 235 g/mol. The number of carbonyl (C=O) groups is 2. The molecule has 0 radical (unpaired) electrons. The van der Waals surface area contributed by atoms with Gasteiger partial charge in [-0.1, -0.05) is 26.7 Å². The SMILES string of the molecule is CC(C)CC1(CN2C(=O)C=CC2=O)CCCC1. The van der Waals surface area contributed by atoms with E-state index in [9.17, 15) is 9.59 Å². The fourth-order valence-electron chi connectivity index (χ4n) is 3.34. The van der Waals surface area contributed by atoms with Gasteiger partial charge in [0, 0.05) is 18.7 Å². The Labute approximate surface area is 103 Å². The minimum atomic E-state index is -0.134. The summed E-state index contributed by atoms with van der Waals surface area (Å²) in [5.41, 5.74) is 0.186. The summed E-state index contributed by atoms with van der Waals surface area (Å²) in [5, 5.41) is 0. The number of carbonyl (C=O) groups excluding carboxylic acids is 2. The van der Waals surface area contributed by atoms with Crippen molar-refractivity contribution in [3.8, 4) is 0 Å². The predicted molar refractivity (Wildman–Crippen MR) is 66.2 cm³/mol. The van der Waals surface area contributed by atoms with E-state index in [1.165, 1.54) is 29.9 Å². The first-order valence-corrected chi connectivity index (χ1v) is 6.56. The van der Waals surface area contributed by atoms with E-state index < -0.39 is 0 Å². The van der Waals surface area contributed by atoms with Crippen LogP contribution in [-0.2, 0) is 9.59 Å². The lowest BCUT2D eigenvalue weighted by Gasteiger charge is -2.34. The van der Waals surface area contributed by atoms with Gasteiger partial charge in [-0.2, -0.15) is 0 Å². The third kappa shape index (κ3) is 2.59. The normalized spacial score (nSPS) is 23.1. The molecule has 2 aliphatic rings. The van der Waals surface area contributed by atoms with Crippen LogP contribution in [0.5, 0.6) is 0 Å². The lowest BCUT2D eigenvalue weighted by atomic mass is 9.78. The van der Waals surface area contributed by atoms with Crippen molar-refractivity contribution in [1.82, 2.24) is 4.90 Å². The molecule has 17 heavy (non-hydrogen) atoms. The maximum absolute atomic E-state index is 11.6. The maximum Gasteiger partial charge on any atom is 0.253 e. The molecule has 0 bridgehead atoms. The Morgan fingerprint density at radius 2 is 1.71 bits per heavy atom. The zero-order valence-corrected chi connectivity index (χ0v) is 10.7. The molecule has 0 N–H and O–H groups in total. The fourth-order valence-corrected chi connectivity index (χ4v) is 3.34. The number of rotatable bonds is 4. The molecule has 1 heterocycles. The molecule has 0 aromatic heterocycles. The van der Waals surface area contributed by atoms with E-state index in [1.54, 1.807) is 0 Å². The van der Waals surface area contributed by atoms with Gasteiger partial charge >= 0.3 is 0 Å². The van der Waals surface area contributed by atoms with E-state index in [0.717, 1.165) is 19.3 Å². The summed E-state index contributed by atoms with van der Waals surface area (Å²) < 4.78 is 0. The summed E-state index contributed by atoms with van der Waals surface area (Å²) in [6.07, 6.45) is 8.67. The summed E-state index contributed by atoms with van der Waals surface area (Å²) in [7, 11) is 0. The summed E-state index contributed by atoms with van der Waals surface area (Å²) in [4.78, 5) is 24.7. The molecule has 1 aliphatic heterocycles. The monoisotopic (exact) mass is 235 g/mol. The molecule has 0 atom stereocenters. The molecule has 94 valence electrons. The van der Waals surface area contributed by atoms with Crippen LogP contribution in [0, 0.1) is 11.3 Å². The van der Waals surface area contributed by atoms with Gasteiger partial charge in [-0.3, -0.25) is 14.5 Å². The van der Waals surface area contributed by atoms with Crippen LogP contribution in [0.25, 0.3) is 0 Å². The highest BCUT2D eigenvalue weighted by molar-refractivity contribution is 6.12. The third-order valence-electron chi connectivity index (χ3n) is 3.90. The van der Waals surface area contributed by atoms with Crippen LogP contribution >= 0.6 is 0 Å². The number of amides is 2. The molecular weight excluding hydrogens is 214 g/mol. The maximum atomic E-state index is 11.6. The molecule has 0 spiro atoms. The molecule has 3 heteroatoms. The van der Waals surface area contributed by atoms with E-state index in [2.05, 4.69) is 13.8 Å². The quantitative estimate of drug-likeness (QED) is 0.702. The smallest absolute Gasteiger partial charge is 0.253 e. The summed E-state index contributed by atoms with van der Waals surface area (Å²) >= 11 is 0. The standard InChI is InChI=1S/C14H21NO2/c1-11(2)9-14(7-3-4-8-14)10-15-12(16)5-6-13(15)17/h5-6,11H,3-4,7-10H2,1-2H3. The second kappa shape index (κ2) is 4.63. The zero-order chi connectivity index (χ0) is 12.5. The Kier molecular flexibility index (Phi) is 3.36. The van der Waals surface area contributed by atoms with Gasteiger partial charge in [0.2, 0.25) is 0 Å². The highest BCUT2D eigenvalue weighted by atomic mass is 16.2. The molecule has 0 unspecified atom stereocenters. The Hall–Kier alpha value is -1.12. The van der Waals surface area contributed by atoms with Crippen molar-refractivity contribution < 1.29 is 9.59 Å². The van der Waals surface area contributed by atoms with Crippen molar-refractivity contribution in [2.24, 2.45) is 11.3 Å². The predicted octanol–water partition coefficient (Wildman–Crippen LogP) is 2.52. The summed E-state index contributed by atoms with van der Waals surface area (Å²) in [6.45, 7) is 5.05. The van der Waals surface area contributed by atoms with Gasteiger partial charge in [0.15, 0.2) is 0 Å². The highest BCUT2D eigenvalue weighted by Gasteiger charge is 2.39. The van der Waals surface area contributed by atoms with Crippen LogP contribution in [0.15, 0.2) is 12.2 Å². The van der Waals surface area contributed by atoms with Crippen LogP contribution in [-0.4, -0.2) is 23.3 Å². The first kappa shape index (κ1) is 12.3. The second-order valence-electron chi connectivity index (χ2n) is 5.90. The Morgan fingerprint density at radius 3 is 2.18 bits per heavy atom. The largest absolute Gasteiger partial charge is 0.275 e. The highest BCUT2D eigenvalue weighted by Crippen LogP contribution is 2.44. The van der Waals surface area contributed by atoms with Crippen molar-refractivity contribution in [2.75, 3.05) is 6.54 Å². The van der Waals surface area contributed by atoms with Crippen LogP contribution in [0.4, 0.5) is 0 Å². The summed E-state index contributed by atoms with van der Waals surface area (Å²) in [5.74, 6) is 0.351. The molecule has 3 nitrogen and oxygen atoms in total. The van der Waals surface area contributed by atoms with Gasteiger partial charge in [-0.15, -0.1) is 0 Å². The number of imide groups is 1. The first-order chi connectivity index (χ1) is 8.02. The Bertz CT molecular complexity index is 333. The third-order valence-corrected chi connectivity index (χ3v) is 3.90. The zero-order valence-electron chi connectivity index (χ0n) is 10.7. The number of nitrogens with zero attached hydrogens (tertiary/aromatic N) is 1. The molecule has 2 rings (SSSR count). The van der Waals surface area contributed by atoms with Crippen LogP contribution < -0.4 is 0 Å². The fraction of sp³-hybridized carbons (Fsp3) is 0.714. The van der Waals surface area contributed by atoms with E-state index in [1.807, 2.05) is 0 Å². The molecular formula is C14H21NO2. The number of hydrogen-bond acceptors (Lipinski definition) is 2. The molecule has 2 amide bonds. The van der Waals surface area contributed by atoms with Gasteiger partial charge in [-0.05, 0) is 30.6 Å². The molecule has 0 saturated heterocycles. The van der Waals surface area contributed by atoms with Crippen molar-refractivity contribution in [3.05, 3.63) is 12.2 Å². The van der Waals surface area contributed by atoms with Gasteiger partial charge in [0.05, 0.1) is 0 Å². The average Bonchev–Trinajstić information content (AvgIpc) is 2.80. The van der Waals surface area contributed by atoms with Gasteiger partial charge in [0.25, 0.3) is 11.8 Å². The molecule has 1 saturated carbocycles. The lowest BCUT2D eigenvalue weighted by Crippen LogP contribution is -2.40. The van der Waals surface area contributed by atoms with E-state index in [4.69, 9.17) is 0 Å². The molecule has 1 fully saturated rings. The first-order valence-electron chi connectivity index (χ1n) is 6.56. The van der Waals surface area contributed by atoms with E-state index >= 15 is 0 Å². The number of hydrogen-bond donors (Lipinski definition) is 0. The van der Waals surface area contributed by atoms with Crippen LogP contribution in [0.2, 0.25) is 0 Å².